The molecule has 0 saturated heterocycles. The summed E-state index contributed by atoms with van der Waals surface area (Å²) in [6.07, 6.45) is 0. The van der Waals surface area contributed by atoms with Crippen LogP contribution in [0, 0.1) is 0 Å². The predicted molar refractivity (Wildman–Crippen MR) is 345 cm³/mol. The molecule has 5 nitrogen and oxygen atoms in total. The fourth-order valence-electron chi connectivity index (χ4n) is 11.5. The van der Waals surface area contributed by atoms with E-state index in [0.717, 1.165) is 57.1 Å². The van der Waals surface area contributed by atoms with Gasteiger partial charge in [0.25, 0.3) is 6.71 Å². The van der Waals surface area contributed by atoms with Crippen LogP contribution in [-0.4, -0.2) is 19.8 Å². The zero-order chi connectivity index (χ0) is 56.0. The van der Waals surface area contributed by atoms with Gasteiger partial charge in [0.2, 0.25) is 0 Å². The van der Waals surface area contributed by atoms with Crippen molar-refractivity contribution >= 4 is 105 Å². The Labute approximate surface area is 473 Å². The van der Waals surface area contributed by atoms with Crippen LogP contribution < -0.4 is 41.2 Å². The van der Waals surface area contributed by atoms with Crippen molar-refractivity contribution < 1.29 is 0 Å². The van der Waals surface area contributed by atoms with Gasteiger partial charge in [-0.25, -0.2) is 4.98 Å². The highest BCUT2D eigenvalue weighted by molar-refractivity contribution is 7.00. The van der Waals surface area contributed by atoms with Crippen LogP contribution in [0.15, 0.2) is 200 Å². The number of benzene rings is 8. The molecule has 0 N–H and O–H groups in total. The van der Waals surface area contributed by atoms with Gasteiger partial charge in [0, 0.05) is 56.9 Å². The van der Waals surface area contributed by atoms with E-state index in [1.807, 2.05) is 0 Å². The van der Waals surface area contributed by atoms with Crippen LogP contribution in [-0.2, 0) is 21.7 Å². The molecule has 3 heterocycles. The maximum absolute atomic E-state index is 5.97. The molecule has 0 atom stereocenters. The van der Waals surface area contributed by atoms with Gasteiger partial charge in [-0.1, -0.05) is 205 Å². The summed E-state index contributed by atoms with van der Waals surface area (Å²) in [6, 6.07) is 75.5. The van der Waals surface area contributed by atoms with E-state index >= 15 is 0 Å². The van der Waals surface area contributed by atoms with Crippen molar-refractivity contribution in [1.29, 1.82) is 0 Å². The SMILES string of the molecule is CC(C)(C)c1ccc(N(c2ccc(C(C)(C)C)cc2)c2ccc3c(c2)N(c2ccccc2)c2cc([Si](C)(C)C)cc4c2B3c2ccc(N(c3ccc(C(C)(C)C)cc3)c3ccc(C(C)(C)C)cc3)nc2N4c2ccccc2)cc1. The number of rotatable bonds is 9. The third-order valence-electron chi connectivity index (χ3n) is 16.2. The number of nitrogens with zero attached hydrogens (tertiary/aromatic N) is 5. The minimum Gasteiger partial charge on any atom is -0.311 e. The lowest BCUT2D eigenvalue weighted by atomic mass is 9.33. The van der Waals surface area contributed by atoms with Gasteiger partial charge in [0.1, 0.15) is 11.6 Å². The van der Waals surface area contributed by atoms with E-state index in [9.17, 15) is 0 Å². The molecule has 0 amide bonds. The zero-order valence-corrected chi connectivity index (χ0v) is 50.4. The van der Waals surface area contributed by atoms with E-state index in [1.165, 1.54) is 55.2 Å². The van der Waals surface area contributed by atoms with Gasteiger partial charge in [-0.15, -0.1) is 0 Å². The third kappa shape index (κ3) is 10.1. The molecule has 0 radical (unpaired) electrons. The molecule has 9 aromatic rings. The number of aromatic nitrogens is 1. The largest absolute Gasteiger partial charge is 0.311 e. The normalized spacial score (nSPS) is 13.4. The number of pyridine rings is 1. The van der Waals surface area contributed by atoms with Gasteiger partial charge in [-0.3, -0.25) is 9.80 Å². The van der Waals surface area contributed by atoms with Crippen LogP contribution >= 0.6 is 0 Å². The summed E-state index contributed by atoms with van der Waals surface area (Å²) < 4.78 is 0. The van der Waals surface area contributed by atoms with Crippen molar-refractivity contribution in [2.75, 3.05) is 19.6 Å². The molecule has 7 heteroatoms. The third-order valence-corrected chi connectivity index (χ3v) is 18.3. The van der Waals surface area contributed by atoms with E-state index < -0.39 is 8.07 Å². The molecule has 0 fully saturated rings. The van der Waals surface area contributed by atoms with E-state index in [4.69, 9.17) is 4.98 Å². The van der Waals surface area contributed by atoms with E-state index in [1.54, 1.807) is 0 Å². The quantitative estimate of drug-likeness (QED) is 0.134. The van der Waals surface area contributed by atoms with E-state index in [-0.39, 0.29) is 28.4 Å². The molecule has 0 saturated carbocycles. The van der Waals surface area contributed by atoms with E-state index in [2.05, 4.69) is 323 Å². The average molecular weight is 1050 g/mol. The van der Waals surface area contributed by atoms with Gasteiger partial charge >= 0.3 is 0 Å². The number of para-hydroxylation sites is 2. The Morgan fingerprint density at radius 1 is 0.367 bits per heavy atom. The monoisotopic (exact) mass is 1050 g/mol. The molecule has 0 unspecified atom stereocenters. The molecule has 0 aliphatic carbocycles. The summed E-state index contributed by atoms with van der Waals surface area (Å²) in [5.41, 5.74) is 20.2. The van der Waals surface area contributed by atoms with Gasteiger partial charge in [0.05, 0.1) is 8.07 Å². The predicted octanol–water partition coefficient (Wildman–Crippen LogP) is 17.8. The van der Waals surface area contributed by atoms with Crippen molar-refractivity contribution in [2.24, 2.45) is 0 Å². The molecular weight excluding hydrogens is 974 g/mol. The first-order valence-electron chi connectivity index (χ1n) is 28.4. The first-order valence-corrected chi connectivity index (χ1v) is 31.9. The van der Waals surface area contributed by atoms with Gasteiger partial charge < -0.3 is 9.80 Å². The van der Waals surface area contributed by atoms with Crippen LogP contribution in [0.2, 0.25) is 19.6 Å². The van der Waals surface area contributed by atoms with E-state index in [0.29, 0.717) is 0 Å². The van der Waals surface area contributed by atoms with Crippen molar-refractivity contribution in [3.8, 4) is 0 Å². The van der Waals surface area contributed by atoms with Gasteiger partial charge in [-0.05, 0) is 163 Å². The molecule has 2 aliphatic heterocycles. The van der Waals surface area contributed by atoms with Crippen LogP contribution in [0.25, 0.3) is 0 Å². The van der Waals surface area contributed by atoms with Crippen molar-refractivity contribution in [2.45, 2.75) is 124 Å². The Morgan fingerprint density at radius 2 is 0.734 bits per heavy atom. The van der Waals surface area contributed by atoms with Crippen molar-refractivity contribution in [3.63, 3.8) is 0 Å². The second kappa shape index (κ2) is 19.6. The molecule has 79 heavy (non-hydrogen) atoms. The highest BCUT2D eigenvalue weighted by atomic mass is 28.3. The second-order valence-electron chi connectivity index (χ2n) is 27.1. The van der Waals surface area contributed by atoms with Crippen LogP contribution in [0.4, 0.5) is 68.5 Å². The first-order chi connectivity index (χ1) is 37.3. The smallest absolute Gasteiger partial charge is 0.254 e. The lowest BCUT2D eigenvalue weighted by Gasteiger charge is -2.45. The Bertz CT molecular complexity index is 3320. The molecule has 0 spiro atoms. The number of hydrogen-bond acceptors (Lipinski definition) is 5. The van der Waals surface area contributed by atoms with Crippen molar-refractivity contribution in [1.82, 2.24) is 4.98 Å². The number of hydrogen-bond donors (Lipinski definition) is 0. The fourth-order valence-corrected chi connectivity index (χ4v) is 12.7. The second-order valence-corrected chi connectivity index (χ2v) is 32.2. The molecule has 2 aliphatic rings. The lowest BCUT2D eigenvalue weighted by Crippen LogP contribution is -2.62. The summed E-state index contributed by atoms with van der Waals surface area (Å²) in [4.78, 5) is 15.8. The maximum atomic E-state index is 5.97. The van der Waals surface area contributed by atoms with Crippen LogP contribution in [0.3, 0.4) is 0 Å². The highest BCUT2D eigenvalue weighted by Crippen LogP contribution is 2.47. The molecule has 0 bridgehead atoms. The summed E-state index contributed by atoms with van der Waals surface area (Å²) in [5.74, 6) is 1.80. The minimum atomic E-state index is -1.98. The number of fused-ring (bicyclic) bond motifs is 4. The molecule has 1 aromatic heterocycles. The molecule has 398 valence electrons. The Hall–Kier alpha value is -7.61. The Balaban J connectivity index is 1.18. The first kappa shape index (κ1) is 53.4. The van der Waals surface area contributed by atoms with Crippen molar-refractivity contribution in [3.05, 3.63) is 222 Å². The highest BCUT2D eigenvalue weighted by Gasteiger charge is 2.45. The molecular formula is C72H78BN5Si. The molecule has 11 rings (SSSR count). The summed E-state index contributed by atoms with van der Waals surface area (Å²) >= 11 is 0. The Kier molecular flexibility index (Phi) is 13.3. The van der Waals surface area contributed by atoms with Gasteiger partial charge in [-0.2, -0.15) is 0 Å². The maximum Gasteiger partial charge on any atom is 0.254 e. The van der Waals surface area contributed by atoms with Crippen LogP contribution in [0.1, 0.15) is 105 Å². The topological polar surface area (TPSA) is 25.9 Å². The lowest BCUT2D eigenvalue weighted by molar-refractivity contribution is 0.590. The summed E-state index contributed by atoms with van der Waals surface area (Å²) in [6.45, 7) is 34.7. The number of anilines is 12. The standard InChI is InChI=1S/C72H78BN5Si/c1-69(2,3)49-26-34-55(35-27-49)75(56-36-28-50(29-37-56)70(4,5)6)59-42-43-61-63(46-59)77(53-22-18-16-19-23-53)64-47-60(79(13,14)15)48-65-67(64)73(61)62-44-45-66(74-68(62)78(65)54-24-20-17-21-25-54)76(57-38-30-51(31-39-57)71(7,8)9)58-40-32-52(33-41-58)72(10,11)12/h16-48H,1-15H3. The zero-order valence-electron chi connectivity index (χ0n) is 49.4. The van der Waals surface area contributed by atoms with Gasteiger partial charge in [0.15, 0.2) is 0 Å². The summed E-state index contributed by atoms with van der Waals surface area (Å²) in [7, 11) is -1.98. The summed E-state index contributed by atoms with van der Waals surface area (Å²) in [5, 5.41) is 1.39. The Morgan fingerprint density at radius 3 is 1.14 bits per heavy atom. The molecule has 8 aromatic carbocycles. The fraction of sp³-hybridized carbons (Fsp3) is 0.264. The average Bonchev–Trinajstić information content (AvgIpc) is 3.58. The van der Waals surface area contributed by atoms with Crippen LogP contribution in [0.5, 0.6) is 0 Å². The minimum absolute atomic E-state index is 0.0137.